The molecule has 0 saturated heterocycles. The molecule has 0 aliphatic rings. The first kappa shape index (κ1) is 21.8. The molecule has 33 heavy (non-hydrogen) atoms. The highest BCUT2D eigenvalue weighted by Crippen LogP contribution is 2.22. The van der Waals surface area contributed by atoms with Gasteiger partial charge in [-0.2, -0.15) is 5.10 Å². The van der Waals surface area contributed by atoms with Gasteiger partial charge in [-0.05, 0) is 30.3 Å². The van der Waals surface area contributed by atoms with E-state index < -0.39 is 18.4 Å². The Bertz CT molecular complexity index is 1280. The van der Waals surface area contributed by atoms with Crippen LogP contribution in [0.3, 0.4) is 0 Å². The maximum Gasteiger partial charge on any atom is 0.357 e. The highest BCUT2D eigenvalue weighted by atomic mass is 16.5. The highest BCUT2D eigenvalue weighted by Gasteiger charge is 2.21. The minimum atomic E-state index is -0.688. The lowest BCUT2D eigenvalue weighted by Crippen LogP contribution is -2.18. The fraction of sp³-hybridized carbons (Fsp3) is 0.120. The normalized spacial score (nSPS) is 10.6. The number of nitrogens with one attached hydrogen (secondary N) is 1. The quantitative estimate of drug-likeness (QED) is 0.328. The molecule has 4 aromatic rings. The van der Waals surface area contributed by atoms with Crippen LogP contribution in [0, 0.1) is 0 Å². The predicted octanol–water partition coefficient (Wildman–Crippen LogP) is 3.81. The molecule has 2 aromatic heterocycles. The van der Waals surface area contributed by atoms with Crippen LogP contribution in [0.5, 0.6) is 0 Å². The number of rotatable bonds is 8. The average molecular weight is 443 g/mol. The van der Waals surface area contributed by atoms with Crippen molar-refractivity contribution in [2.45, 2.75) is 13.5 Å². The van der Waals surface area contributed by atoms with Gasteiger partial charge < -0.3 is 14.5 Å². The third kappa shape index (κ3) is 5.24. The molecule has 0 aliphatic carbocycles. The van der Waals surface area contributed by atoms with Crippen LogP contribution in [0.2, 0.25) is 0 Å². The number of carbonyl (C=O) groups excluding carboxylic acids is 3. The van der Waals surface area contributed by atoms with E-state index >= 15 is 0 Å². The Morgan fingerprint density at radius 2 is 1.67 bits per heavy atom. The van der Waals surface area contributed by atoms with Crippen LogP contribution < -0.4 is 5.32 Å². The number of hydrogen-bond donors (Lipinski definition) is 1. The fourth-order valence-corrected chi connectivity index (χ4v) is 3.15. The molecular formula is C25H21N3O5. The maximum absolute atomic E-state index is 12.9. The second kappa shape index (κ2) is 9.78. The number of para-hydroxylation sites is 1. The Morgan fingerprint density at radius 1 is 0.970 bits per heavy atom. The lowest BCUT2D eigenvalue weighted by Gasteiger charge is -2.07. The van der Waals surface area contributed by atoms with Crippen molar-refractivity contribution in [2.24, 2.45) is 0 Å². The van der Waals surface area contributed by atoms with Crippen molar-refractivity contribution in [1.82, 2.24) is 15.1 Å². The zero-order valence-electron chi connectivity index (χ0n) is 17.9. The lowest BCUT2D eigenvalue weighted by atomic mass is 10.1. The van der Waals surface area contributed by atoms with Gasteiger partial charge in [-0.15, -0.1) is 0 Å². The Balaban J connectivity index is 1.51. The van der Waals surface area contributed by atoms with Gasteiger partial charge in [-0.25, -0.2) is 9.48 Å². The molecule has 0 bridgehead atoms. The largest absolute Gasteiger partial charge is 0.456 e. The second-order valence-corrected chi connectivity index (χ2v) is 7.20. The van der Waals surface area contributed by atoms with Crippen molar-refractivity contribution in [3.8, 4) is 16.9 Å². The zero-order valence-corrected chi connectivity index (χ0v) is 17.9. The van der Waals surface area contributed by atoms with Crippen molar-refractivity contribution in [3.05, 3.63) is 96.1 Å². The topological polar surface area (TPSA) is 103 Å². The minimum Gasteiger partial charge on any atom is -0.456 e. The maximum atomic E-state index is 12.9. The molecule has 1 N–H and O–H groups in total. The van der Waals surface area contributed by atoms with E-state index in [1.165, 1.54) is 17.7 Å². The molecule has 0 saturated carbocycles. The van der Waals surface area contributed by atoms with Crippen molar-refractivity contribution < 1.29 is 23.5 Å². The number of ether oxygens (including phenoxy) is 1. The smallest absolute Gasteiger partial charge is 0.357 e. The van der Waals surface area contributed by atoms with Gasteiger partial charge >= 0.3 is 5.97 Å². The Kier molecular flexibility index (Phi) is 6.45. The van der Waals surface area contributed by atoms with Gasteiger partial charge in [0.25, 0.3) is 0 Å². The van der Waals surface area contributed by atoms with Gasteiger partial charge in [0.15, 0.2) is 18.1 Å². The van der Waals surface area contributed by atoms with E-state index in [2.05, 4.69) is 10.4 Å². The summed E-state index contributed by atoms with van der Waals surface area (Å²) in [5.41, 5.74) is 2.33. The number of carbonyl (C=O) groups is 3. The molecule has 166 valence electrons. The summed E-state index contributed by atoms with van der Waals surface area (Å²) in [5.74, 6) is -0.921. The van der Waals surface area contributed by atoms with Crippen molar-refractivity contribution in [1.29, 1.82) is 0 Å². The standard InChI is InChI=1S/C25H21N3O5/c1-17(29)26-15-20-12-13-24(33-20)23(30)16-32-25(31)22-14-21(18-8-4-2-5-9-18)27-28(22)19-10-6-3-7-11-19/h2-14H,15-16H2,1H3,(H,26,29). The molecule has 2 heterocycles. The number of benzene rings is 2. The van der Waals surface area contributed by atoms with Crippen LogP contribution in [0.25, 0.3) is 16.9 Å². The Labute approximate surface area is 189 Å². The van der Waals surface area contributed by atoms with E-state index in [0.717, 1.165) is 5.56 Å². The summed E-state index contributed by atoms with van der Waals surface area (Å²) in [6.45, 7) is 1.06. The molecule has 0 fully saturated rings. The average Bonchev–Trinajstić information content (AvgIpc) is 3.50. The molecule has 0 radical (unpaired) electrons. The van der Waals surface area contributed by atoms with Crippen LogP contribution >= 0.6 is 0 Å². The predicted molar refractivity (Wildman–Crippen MR) is 120 cm³/mol. The molecule has 0 atom stereocenters. The number of nitrogens with zero attached hydrogens (tertiary/aromatic N) is 2. The Hall–Kier alpha value is -4.46. The first-order valence-corrected chi connectivity index (χ1v) is 10.3. The molecule has 8 nitrogen and oxygen atoms in total. The van der Waals surface area contributed by atoms with Crippen molar-refractivity contribution in [3.63, 3.8) is 0 Å². The molecule has 0 aliphatic heterocycles. The highest BCUT2D eigenvalue weighted by molar-refractivity contribution is 5.97. The van der Waals surface area contributed by atoms with E-state index in [1.54, 1.807) is 12.1 Å². The van der Waals surface area contributed by atoms with Crippen molar-refractivity contribution in [2.75, 3.05) is 6.61 Å². The first-order chi connectivity index (χ1) is 16.0. The lowest BCUT2D eigenvalue weighted by molar-refractivity contribution is -0.119. The van der Waals surface area contributed by atoms with Gasteiger partial charge in [0.05, 0.1) is 17.9 Å². The summed E-state index contributed by atoms with van der Waals surface area (Å²) >= 11 is 0. The number of hydrogen-bond acceptors (Lipinski definition) is 6. The summed E-state index contributed by atoms with van der Waals surface area (Å²) < 4.78 is 12.2. The van der Waals surface area contributed by atoms with E-state index in [0.29, 0.717) is 17.1 Å². The van der Waals surface area contributed by atoms with Gasteiger partial charge in [0, 0.05) is 12.5 Å². The molecule has 0 unspecified atom stereocenters. The number of Topliss-reactive ketones (excluding diaryl/α,β-unsaturated/α-hetero) is 1. The van der Waals surface area contributed by atoms with Crippen LogP contribution in [0.15, 0.2) is 83.3 Å². The minimum absolute atomic E-state index is 0.0460. The van der Waals surface area contributed by atoms with Gasteiger partial charge in [-0.1, -0.05) is 48.5 Å². The fourth-order valence-electron chi connectivity index (χ4n) is 3.15. The molecule has 4 rings (SSSR count). The molecule has 1 amide bonds. The summed E-state index contributed by atoms with van der Waals surface area (Å²) in [4.78, 5) is 36.3. The molecule has 2 aromatic carbocycles. The summed E-state index contributed by atoms with van der Waals surface area (Å²) in [6, 6.07) is 23.4. The van der Waals surface area contributed by atoms with Crippen molar-refractivity contribution >= 4 is 17.7 Å². The van der Waals surface area contributed by atoms with Crippen LogP contribution in [-0.2, 0) is 16.1 Å². The molecule has 0 spiro atoms. The third-order valence-electron chi connectivity index (χ3n) is 4.77. The Morgan fingerprint density at radius 3 is 2.36 bits per heavy atom. The number of esters is 1. The monoisotopic (exact) mass is 443 g/mol. The third-order valence-corrected chi connectivity index (χ3v) is 4.77. The number of furan rings is 1. The number of amides is 1. The summed E-state index contributed by atoms with van der Waals surface area (Å²) in [6.07, 6.45) is 0. The zero-order chi connectivity index (χ0) is 23.2. The van der Waals surface area contributed by atoms with Gasteiger partial charge in [0.2, 0.25) is 11.7 Å². The van der Waals surface area contributed by atoms with Gasteiger partial charge in [0.1, 0.15) is 5.76 Å². The van der Waals surface area contributed by atoms with Gasteiger partial charge in [-0.3, -0.25) is 9.59 Å². The van der Waals surface area contributed by atoms with Crippen LogP contribution in [0.4, 0.5) is 0 Å². The second-order valence-electron chi connectivity index (χ2n) is 7.20. The summed E-state index contributed by atoms with van der Waals surface area (Å²) in [7, 11) is 0. The SMILES string of the molecule is CC(=O)NCc1ccc(C(=O)COC(=O)c2cc(-c3ccccc3)nn2-c2ccccc2)o1. The van der Waals surface area contributed by atoms with Crippen LogP contribution in [0.1, 0.15) is 33.7 Å². The van der Waals surface area contributed by atoms with E-state index in [4.69, 9.17) is 9.15 Å². The molecular weight excluding hydrogens is 422 g/mol. The summed E-state index contributed by atoms with van der Waals surface area (Å²) in [5, 5.41) is 7.16. The first-order valence-electron chi connectivity index (χ1n) is 10.3. The van der Waals surface area contributed by atoms with E-state index in [1.807, 2.05) is 60.7 Å². The van der Waals surface area contributed by atoms with E-state index in [-0.39, 0.29) is 23.9 Å². The number of ketones is 1. The van der Waals surface area contributed by atoms with Crippen LogP contribution in [-0.4, -0.2) is 34.0 Å². The van der Waals surface area contributed by atoms with E-state index in [9.17, 15) is 14.4 Å². The number of aromatic nitrogens is 2. The molecule has 8 heteroatoms.